The van der Waals surface area contributed by atoms with E-state index in [0.717, 1.165) is 21.7 Å². The number of hydrogen-bond donors (Lipinski definition) is 1. The van der Waals surface area contributed by atoms with Gasteiger partial charge in [-0.05, 0) is 41.8 Å². The van der Waals surface area contributed by atoms with Gasteiger partial charge < -0.3 is 24.4 Å². The fourth-order valence-corrected chi connectivity index (χ4v) is 5.33. The summed E-state index contributed by atoms with van der Waals surface area (Å²) in [6, 6.07) is 20.3. The molecule has 2 amide bonds. The molecule has 0 saturated carbocycles. The molecule has 3 aromatic rings. The van der Waals surface area contributed by atoms with Gasteiger partial charge in [-0.15, -0.1) is 0 Å². The molecule has 0 spiro atoms. The molecule has 3 rings (SSSR count). The Balaban J connectivity index is 2.09. The number of rotatable bonds is 15. The summed E-state index contributed by atoms with van der Waals surface area (Å²) in [5.41, 5.74) is 1.75. The van der Waals surface area contributed by atoms with E-state index in [1.54, 1.807) is 37.4 Å². The van der Waals surface area contributed by atoms with Gasteiger partial charge >= 0.3 is 0 Å². The summed E-state index contributed by atoms with van der Waals surface area (Å²) >= 11 is 0. The van der Waals surface area contributed by atoms with Crippen LogP contribution in [0.25, 0.3) is 0 Å². The minimum absolute atomic E-state index is 0.0461. The van der Waals surface area contributed by atoms with Gasteiger partial charge in [0.25, 0.3) is 0 Å². The van der Waals surface area contributed by atoms with Crippen molar-refractivity contribution in [2.24, 2.45) is 0 Å². The minimum Gasteiger partial charge on any atom is -0.497 e. The number of anilines is 1. The monoisotopic (exact) mass is 597 g/mol. The lowest BCUT2D eigenvalue weighted by molar-refractivity contribution is -0.140. The van der Waals surface area contributed by atoms with E-state index >= 15 is 0 Å². The molecule has 0 aliphatic heterocycles. The molecule has 1 atom stereocenters. The van der Waals surface area contributed by atoms with Crippen LogP contribution in [0.2, 0.25) is 0 Å². The van der Waals surface area contributed by atoms with E-state index in [1.165, 1.54) is 25.2 Å². The summed E-state index contributed by atoms with van der Waals surface area (Å²) < 4.78 is 43.2. The molecule has 0 heterocycles. The first-order chi connectivity index (χ1) is 20.1. The smallest absolute Gasteiger partial charge is 0.244 e. The highest BCUT2D eigenvalue weighted by molar-refractivity contribution is 7.92. The van der Waals surface area contributed by atoms with Crippen molar-refractivity contribution in [3.63, 3.8) is 0 Å². The Morgan fingerprint density at radius 1 is 0.857 bits per heavy atom. The fraction of sp³-hybridized carbons (Fsp3) is 0.355. The lowest BCUT2D eigenvalue weighted by atomic mass is 10.0. The molecule has 3 aromatic carbocycles. The zero-order valence-corrected chi connectivity index (χ0v) is 25.5. The van der Waals surface area contributed by atoms with Crippen molar-refractivity contribution in [2.45, 2.75) is 32.4 Å². The average molecular weight is 598 g/mol. The summed E-state index contributed by atoms with van der Waals surface area (Å²) in [6.07, 6.45) is 1.97. The third-order valence-corrected chi connectivity index (χ3v) is 7.77. The number of amides is 2. The van der Waals surface area contributed by atoms with Crippen LogP contribution in [0.5, 0.6) is 17.2 Å². The standard InChI is InChI=1S/C31H39N3O7S/c1-6-17-32-31(36)28(19-23-11-8-7-9-12-23)33(21-24-13-10-14-25(18-24)39-2)30(35)22-34(42(5,37)38)27-16-15-26(40-3)20-29(27)41-4/h7-16,18,20,28H,6,17,19,21-22H2,1-5H3,(H,32,36). The number of sulfonamides is 1. The second kappa shape index (κ2) is 15.1. The van der Waals surface area contributed by atoms with Crippen molar-refractivity contribution in [3.8, 4) is 17.2 Å². The number of benzene rings is 3. The van der Waals surface area contributed by atoms with Gasteiger partial charge in [0.2, 0.25) is 21.8 Å². The summed E-state index contributed by atoms with van der Waals surface area (Å²) in [6.45, 7) is 1.87. The second-order valence-electron chi connectivity index (χ2n) is 9.68. The van der Waals surface area contributed by atoms with Crippen LogP contribution in [0.3, 0.4) is 0 Å². The van der Waals surface area contributed by atoms with E-state index in [0.29, 0.717) is 24.5 Å². The van der Waals surface area contributed by atoms with Gasteiger partial charge in [0.05, 0.1) is 33.3 Å². The van der Waals surface area contributed by atoms with Crippen LogP contribution in [0.4, 0.5) is 5.69 Å². The van der Waals surface area contributed by atoms with Gasteiger partial charge in [-0.25, -0.2) is 8.42 Å². The van der Waals surface area contributed by atoms with E-state index in [2.05, 4.69) is 5.32 Å². The van der Waals surface area contributed by atoms with Gasteiger partial charge in [0.15, 0.2) is 0 Å². The molecule has 0 aliphatic carbocycles. The maximum absolute atomic E-state index is 14.2. The average Bonchev–Trinajstić information content (AvgIpc) is 3.00. The number of ether oxygens (including phenoxy) is 3. The van der Waals surface area contributed by atoms with Crippen LogP contribution >= 0.6 is 0 Å². The van der Waals surface area contributed by atoms with Gasteiger partial charge in [0.1, 0.15) is 29.8 Å². The summed E-state index contributed by atoms with van der Waals surface area (Å²) in [7, 11) is 0.481. The van der Waals surface area contributed by atoms with Gasteiger partial charge in [-0.2, -0.15) is 0 Å². The molecule has 0 saturated heterocycles. The molecule has 226 valence electrons. The number of hydrogen-bond acceptors (Lipinski definition) is 7. The van der Waals surface area contributed by atoms with Crippen molar-refractivity contribution in [1.82, 2.24) is 10.2 Å². The van der Waals surface area contributed by atoms with Gasteiger partial charge in [0, 0.05) is 25.6 Å². The highest BCUT2D eigenvalue weighted by Gasteiger charge is 2.33. The van der Waals surface area contributed by atoms with E-state index in [-0.39, 0.29) is 30.3 Å². The van der Waals surface area contributed by atoms with E-state index in [9.17, 15) is 18.0 Å². The Kier molecular flexibility index (Phi) is 11.6. The number of carbonyl (C=O) groups excluding carboxylic acids is 2. The highest BCUT2D eigenvalue weighted by atomic mass is 32.2. The van der Waals surface area contributed by atoms with Crippen molar-refractivity contribution in [2.75, 3.05) is 45.0 Å². The van der Waals surface area contributed by atoms with Crippen molar-refractivity contribution in [3.05, 3.63) is 83.9 Å². The topological polar surface area (TPSA) is 114 Å². The molecular formula is C31H39N3O7S. The van der Waals surface area contributed by atoms with Crippen LogP contribution in [0, 0.1) is 0 Å². The van der Waals surface area contributed by atoms with Gasteiger partial charge in [-0.1, -0.05) is 49.4 Å². The predicted octanol–water partition coefficient (Wildman–Crippen LogP) is 3.64. The van der Waals surface area contributed by atoms with Crippen LogP contribution in [0.15, 0.2) is 72.8 Å². The maximum atomic E-state index is 14.2. The number of nitrogens with one attached hydrogen (secondary N) is 1. The molecule has 42 heavy (non-hydrogen) atoms. The zero-order chi connectivity index (χ0) is 30.7. The van der Waals surface area contributed by atoms with Crippen LogP contribution < -0.4 is 23.8 Å². The maximum Gasteiger partial charge on any atom is 0.244 e. The summed E-state index contributed by atoms with van der Waals surface area (Å²) in [4.78, 5) is 29.2. The molecule has 1 unspecified atom stereocenters. The summed E-state index contributed by atoms with van der Waals surface area (Å²) in [5, 5.41) is 2.92. The van der Waals surface area contributed by atoms with Crippen molar-refractivity contribution in [1.29, 1.82) is 0 Å². The second-order valence-corrected chi connectivity index (χ2v) is 11.6. The minimum atomic E-state index is -3.96. The molecule has 0 aliphatic rings. The Morgan fingerprint density at radius 2 is 1.52 bits per heavy atom. The molecule has 1 N–H and O–H groups in total. The first-order valence-corrected chi connectivity index (χ1v) is 15.4. The third-order valence-electron chi connectivity index (χ3n) is 6.64. The van der Waals surface area contributed by atoms with E-state index < -0.39 is 28.5 Å². The highest BCUT2D eigenvalue weighted by Crippen LogP contribution is 2.34. The quantitative estimate of drug-likeness (QED) is 0.285. The number of nitrogens with zero attached hydrogens (tertiary/aromatic N) is 2. The molecule has 10 nitrogen and oxygen atoms in total. The lowest BCUT2D eigenvalue weighted by Gasteiger charge is -2.33. The largest absolute Gasteiger partial charge is 0.497 e. The number of carbonyl (C=O) groups is 2. The Bertz CT molecular complexity index is 1450. The lowest BCUT2D eigenvalue weighted by Crippen LogP contribution is -2.53. The van der Waals surface area contributed by atoms with Crippen LogP contribution in [-0.4, -0.2) is 71.8 Å². The van der Waals surface area contributed by atoms with Crippen LogP contribution in [-0.2, 0) is 32.6 Å². The molecule has 0 bridgehead atoms. The molecular weight excluding hydrogens is 558 g/mol. The van der Waals surface area contributed by atoms with Gasteiger partial charge in [-0.3, -0.25) is 13.9 Å². The normalized spacial score (nSPS) is 11.7. The molecule has 0 aromatic heterocycles. The number of methoxy groups -OCH3 is 3. The first kappa shape index (κ1) is 32.3. The SMILES string of the molecule is CCCNC(=O)C(Cc1ccccc1)N(Cc1cccc(OC)c1)C(=O)CN(c1ccc(OC)cc1OC)S(C)(=O)=O. The van der Waals surface area contributed by atoms with Crippen LogP contribution in [0.1, 0.15) is 24.5 Å². The molecule has 11 heteroatoms. The third kappa shape index (κ3) is 8.62. The Labute approximate surface area is 248 Å². The van der Waals surface area contributed by atoms with Crippen molar-refractivity contribution < 1.29 is 32.2 Å². The Hall–Kier alpha value is -4.25. The first-order valence-electron chi connectivity index (χ1n) is 13.5. The van der Waals surface area contributed by atoms with Crippen molar-refractivity contribution >= 4 is 27.5 Å². The predicted molar refractivity (Wildman–Crippen MR) is 163 cm³/mol. The molecule has 0 radical (unpaired) electrons. The molecule has 0 fully saturated rings. The zero-order valence-electron chi connectivity index (χ0n) is 24.7. The van der Waals surface area contributed by atoms with E-state index in [1.807, 2.05) is 43.3 Å². The van der Waals surface area contributed by atoms with E-state index in [4.69, 9.17) is 14.2 Å². The fourth-order valence-electron chi connectivity index (χ4n) is 4.47. The Morgan fingerprint density at radius 3 is 2.14 bits per heavy atom. The summed E-state index contributed by atoms with van der Waals surface area (Å²) in [5.74, 6) is 0.383.